The molecule has 0 aliphatic carbocycles. The second-order valence-electron chi connectivity index (χ2n) is 5.43. The van der Waals surface area contributed by atoms with E-state index in [9.17, 15) is 23.1 Å². The maximum absolute atomic E-state index is 12.7. The number of carboxylic acids is 1. The molecule has 2 aliphatic rings. The molecular weight excluding hydrogens is 357 g/mol. The number of β-lactam (4-membered cyclic amide) rings is 1. The molecule has 23 heavy (non-hydrogen) atoms. The average molecular weight is 371 g/mol. The van der Waals surface area contributed by atoms with Gasteiger partial charge in [-0.3, -0.25) is 4.79 Å². The van der Waals surface area contributed by atoms with E-state index in [-0.39, 0.29) is 41.7 Å². The Labute approximate surface area is 158 Å². The number of aliphatic carboxylic acids is 1. The Morgan fingerprint density at radius 3 is 2.65 bits per heavy atom. The fraction of sp³-hybridized carbons (Fsp3) is 0.700. The molecule has 13 heteroatoms. The van der Waals surface area contributed by atoms with E-state index in [1.54, 1.807) is 7.05 Å². The number of hydrogen-bond acceptors (Lipinski definition) is 8. The molecule has 2 aliphatic heterocycles. The van der Waals surface area contributed by atoms with E-state index in [0.29, 0.717) is 5.16 Å². The Kier molecular flexibility index (Phi) is 4.86. The van der Waals surface area contributed by atoms with Gasteiger partial charge in [0, 0.05) is 12.8 Å². The molecule has 2 fully saturated rings. The minimum atomic E-state index is -3.80. The second-order valence-corrected chi connectivity index (χ2v) is 8.94. The van der Waals surface area contributed by atoms with E-state index in [0.717, 1.165) is 16.7 Å². The van der Waals surface area contributed by atoms with Gasteiger partial charge in [0.25, 0.3) is 0 Å². The van der Waals surface area contributed by atoms with Crippen molar-refractivity contribution in [2.45, 2.75) is 34.7 Å². The topological polar surface area (TPSA) is 135 Å². The molecule has 1 aromatic rings. The van der Waals surface area contributed by atoms with Crippen LogP contribution in [-0.4, -0.2) is 102 Å². The summed E-state index contributed by atoms with van der Waals surface area (Å²) in [5, 5.41) is 19.6. The van der Waals surface area contributed by atoms with Crippen LogP contribution in [0.2, 0.25) is 0 Å². The normalized spacial score (nSPS) is 31.2. The van der Waals surface area contributed by atoms with E-state index in [1.165, 1.54) is 11.6 Å². The third kappa shape index (κ3) is 2.51. The Bertz CT molecular complexity index is 767. The predicted octanol–water partition coefficient (Wildman–Crippen LogP) is -2.15. The number of rotatable bonds is 4. The Morgan fingerprint density at radius 1 is 1.52 bits per heavy atom. The van der Waals surface area contributed by atoms with Gasteiger partial charge in [0.2, 0.25) is 11.1 Å². The number of sulfone groups is 1. The molecule has 122 valence electrons. The van der Waals surface area contributed by atoms with Crippen molar-refractivity contribution >= 4 is 63.0 Å². The molecule has 0 saturated carbocycles. The zero-order chi connectivity index (χ0) is 16.3. The van der Waals surface area contributed by atoms with E-state index in [1.807, 2.05) is 0 Å². The average Bonchev–Trinajstić information content (AvgIpc) is 2.88. The molecule has 3 heterocycles. The molecule has 0 radical (unpaired) electrons. The van der Waals surface area contributed by atoms with Crippen molar-refractivity contribution in [3.63, 3.8) is 0 Å². The van der Waals surface area contributed by atoms with Crippen LogP contribution in [0.4, 0.5) is 0 Å². The molecule has 0 unspecified atom stereocenters. The zero-order valence-corrected chi connectivity index (χ0v) is 13.3. The Balaban J connectivity index is 0.00000192. The second kappa shape index (κ2) is 5.99. The summed E-state index contributed by atoms with van der Waals surface area (Å²) in [6.07, 6.45) is -0.155. The summed E-state index contributed by atoms with van der Waals surface area (Å²) in [5.41, 5.74) is 0. The van der Waals surface area contributed by atoms with Gasteiger partial charge in [-0.05, 0) is 17.4 Å². The van der Waals surface area contributed by atoms with E-state index in [4.69, 9.17) is 0 Å². The van der Waals surface area contributed by atoms with E-state index in [2.05, 4.69) is 15.5 Å². The molecule has 0 aromatic carbocycles. The number of amides is 1. The van der Waals surface area contributed by atoms with E-state index < -0.39 is 37.9 Å². The number of carbonyl (C=O) groups excluding carboxylic acids is 1. The van der Waals surface area contributed by atoms with Crippen molar-refractivity contribution in [3.8, 4) is 0 Å². The fourth-order valence-electron chi connectivity index (χ4n) is 2.82. The number of aryl methyl sites for hydroxylation is 1. The number of aromatic nitrogens is 4. The summed E-state index contributed by atoms with van der Waals surface area (Å²) in [4.78, 5) is 24.2. The summed E-state index contributed by atoms with van der Waals surface area (Å²) in [6, 6.07) is -1.39. The molecule has 1 amide bonds. The molecule has 1 aromatic heterocycles. The zero-order valence-electron chi connectivity index (χ0n) is 11.7. The number of tetrazole rings is 1. The van der Waals surface area contributed by atoms with Gasteiger partial charge >= 0.3 is 35.5 Å². The maximum atomic E-state index is 12.7. The van der Waals surface area contributed by atoms with Crippen LogP contribution in [0.15, 0.2) is 5.16 Å². The molecule has 1 N–H and O–H groups in total. The van der Waals surface area contributed by atoms with Gasteiger partial charge in [-0.15, -0.1) is 5.10 Å². The first-order chi connectivity index (χ1) is 10.2. The molecule has 2 saturated heterocycles. The van der Waals surface area contributed by atoms with Gasteiger partial charge in [-0.2, -0.15) is 0 Å². The monoisotopic (exact) mass is 371 g/mol. The Morgan fingerprint density at radius 2 is 2.17 bits per heavy atom. The number of hydrogen-bond donors (Lipinski definition) is 1. The van der Waals surface area contributed by atoms with Crippen molar-refractivity contribution in [1.82, 2.24) is 25.1 Å². The third-order valence-corrected chi connectivity index (χ3v) is 8.42. The van der Waals surface area contributed by atoms with Gasteiger partial charge in [0.05, 0.1) is 6.42 Å². The van der Waals surface area contributed by atoms with Gasteiger partial charge in [0.1, 0.15) is 10.1 Å². The number of carboxylic acid groups (broad SMARTS) is 1. The Hall–Kier alpha value is -0.690. The van der Waals surface area contributed by atoms with Crippen molar-refractivity contribution in [3.05, 3.63) is 0 Å². The van der Waals surface area contributed by atoms with Crippen molar-refractivity contribution < 1.29 is 23.1 Å². The number of carbonyl (C=O) groups is 2. The van der Waals surface area contributed by atoms with Crippen LogP contribution >= 0.6 is 11.8 Å². The van der Waals surface area contributed by atoms with Crippen molar-refractivity contribution in [2.75, 3.05) is 5.75 Å². The minimum absolute atomic E-state index is 0. The van der Waals surface area contributed by atoms with E-state index >= 15 is 0 Å². The summed E-state index contributed by atoms with van der Waals surface area (Å²) in [7, 11) is -2.20. The van der Waals surface area contributed by atoms with Crippen LogP contribution in [0.3, 0.4) is 0 Å². The van der Waals surface area contributed by atoms with Gasteiger partial charge in [-0.25, -0.2) is 17.9 Å². The number of thioether (sulfide) groups is 1. The van der Waals surface area contributed by atoms with Crippen molar-refractivity contribution in [2.24, 2.45) is 7.05 Å². The molecule has 3 atom stereocenters. The molecule has 10 nitrogen and oxygen atoms in total. The molecule has 0 spiro atoms. The standard InChI is InChI=1S/C10H13N5O5S2.Na.H/c1-10(4-21-9-11-12-13-14(9)2)7(8(17)18)15-5(16)3-6(15)22(10,19)20;;/h6-7H,3-4H2,1-2H3,(H,17,18);;/t6-,7+,10+;;/m1../s1. The first-order valence-corrected chi connectivity index (χ1v) is 8.86. The van der Waals surface area contributed by atoms with Crippen LogP contribution < -0.4 is 0 Å². The predicted molar refractivity (Wildman–Crippen MR) is 80.7 cm³/mol. The van der Waals surface area contributed by atoms with Gasteiger partial charge in [-0.1, -0.05) is 11.8 Å². The summed E-state index contributed by atoms with van der Waals surface area (Å²) < 4.78 is 25.1. The SMILES string of the molecule is Cn1nnnc1SC[C@@]1(C)[C@H](C(=O)O)N2C(=O)C[C@H]2S1(=O)=O.[NaH]. The molecule has 0 bridgehead atoms. The van der Waals surface area contributed by atoms with Gasteiger partial charge in [0.15, 0.2) is 15.9 Å². The summed E-state index contributed by atoms with van der Waals surface area (Å²) >= 11 is 1.05. The number of fused-ring (bicyclic) bond motifs is 1. The number of nitrogens with zero attached hydrogens (tertiary/aromatic N) is 5. The third-order valence-electron chi connectivity index (χ3n) is 4.12. The quantitative estimate of drug-likeness (QED) is 0.357. The fourth-order valence-corrected chi connectivity index (χ4v) is 6.60. The molecular formula is C10H14N5NaO5S2. The van der Waals surface area contributed by atoms with Gasteiger partial charge < -0.3 is 10.0 Å². The summed E-state index contributed by atoms with van der Waals surface area (Å²) in [5.74, 6) is -1.82. The van der Waals surface area contributed by atoms with Crippen LogP contribution in [0.1, 0.15) is 13.3 Å². The van der Waals surface area contributed by atoms with Crippen molar-refractivity contribution in [1.29, 1.82) is 0 Å². The van der Waals surface area contributed by atoms with Crippen LogP contribution in [0, 0.1) is 0 Å². The first kappa shape index (κ1) is 18.6. The van der Waals surface area contributed by atoms with Crippen LogP contribution in [0.5, 0.6) is 0 Å². The first-order valence-electron chi connectivity index (χ1n) is 6.32. The molecule has 3 rings (SSSR count). The summed E-state index contributed by atoms with van der Waals surface area (Å²) in [6.45, 7) is 1.36. The van der Waals surface area contributed by atoms with Crippen LogP contribution in [-0.2, 0) is 26.5 Å². The van der Waals surface area contributed by atoms with Crippen LogP contribution in [0.25, 0.3) is 0 Å².